The molecule has 0 atom stereocenters. The van der Waals surface area contributed by atoms with Gasteiger partial charge in [0, 0.05) is 24.3 Å². The fraction of sp³-hybridized carbons (Fsp3) is 0.333. The van der Waals surface area contributed by atoms with E-state index in [4.69, 9.17) is 9.15 Å². The van der Waals surface area contributed by atoms with E-state index in [9.17, 15) is 4.79 Å². The van der Waals surface area contributed by atoms with Crippen molar-refractivity contribution in [1.82, 2.24) is 15.1 Å². The predicted octanol–water partition coefficient (Wildman–Crippen LogP) is 3.93. The minimum Gasteiger partial charge on any atom is -0.486 e. The summed E-state index contributed by atoms with van der Waals surface area (Å²) in [5, 5.41) is 7.15. The summed E-state index contributed by atoms with van der Waals surface area (Å²) in [6.45, 7) is 9.59. The second-order valence-electron chi connectivity index (χ2n) is 6.63. The van der Waals surface area contributed by atoms with E-state index in [2.05, 4.69) is 16.5 Å². The number of aromatic nitrogens is 2. The summed E-state index contributed by atoms with van der Waals surface area (Å²) in [5.74, 6) is 1.42. The van der Waals surface area contributed by atoms with Crippen molar-refractivity contribution in [3.8, 4) is 5.75 Å². The standard InChI is InChI=1S/C21H25N3O3/c1-5-24-16(4)17(12-23-24)11-22-21(25)20-7-6-18(27-20)13-26-19-9-14(2)8-15(3)10-19/h6-10,12H,5,11,13H2,1-4H3,(H,22,25). The van der Waals surface area contributed by atoms with Crippen LogP contribution in [-0.2, 0) is 19.7 Å². The molecule has 1 aromatic carbocycles. The molecule has 0 aliphatic carbocycles. The van der Waals surface area contributed by atoms with Crippen molar-refractivity contribution in [3.63, 3.8) is 0 Å². The molecule has 6 heteroatoms. The SMILES string of the molecule is CCn1ncc(CNC(=O)c2ccc(COc3cc(C)cc(C)c3)o2)c1C. The highest BCUT2D eigenvalue weighted by atomic mass is 16.5. The minimum atomic E-state index is -0.253. The quantitative estimate of drug-likeness (QED) is 0.687. The molecule has 27 heavy (non-hydrogen) atoms. The van der Waals surface area contributed by atoms with Crippen LogP contribution in [0.25, 0.3) is 0 Å². The maximum absolute atomic E-state index is 12.3. The Balaban J connectivity index is 1.56. The number of hydrogen-bond donors (Lipinski definition) is 1. The van der Waals surface area contributed by atoms with Gasteiger partial charge in [-0.25, -0.2) is 0 Å². The van der Waals surface area contributed by atoms with Gasteiger partial charge >= 0.3 is 0 Å². The normalized spacial score (nSPS) is 10.8. The monoisotopic (exact) mass is 367 g/mol. The van der Waals surface area contributed by atoms with Gasteiger partial charge in [-0.15, -0.1) is 0 Å². The molecule has 3 rings (SSSR count). The molecule has 1 amide bonds. The van der Waals surface area contributed by atoms with E-state index in [1.165, 1.54) is 0 Å². The molecule has 0 aliphatic rings. The highest BCUT2D eigenvalue weighted by Gasteiger charge is 2.13. The molecule has 1 N–H and O–H groups in total. The average Bonchev–Trinajstić information content (AvgIpc) is 3.24. The zero-order valence-corrected chi connectivity index (χ0v) is 16.2. The van der Waals surface area contributed by atoms with E-state index in [1.54, 1.807) is 18.3 Å². The van der Waals surface area contributed by atoms with Crippen molar-refractivity contribution in [1.29, 1.82) is 0 Å². The van der Waals surface area contributed by atoms with Crippen LogP contribution in [0.5, 0.6) is 5.75 Å². The predicted molar refractivity (Wildman–Crippen MR) is 103 cm³/mol. The largest absolute Gasteiger partial charge is 0.486 e. The Morgan fingerprint density at radius 2 is 1.93 bits per heavy atom. The molecule has 0 radical (unpaired) electrons. The summed E-state index contributed by atoms with van der Waals surface area (Å²) in [7, 11) is 0. The van der Waals surface area contributed by atoms with Crippen LogP contribution in [0.2, 0.25) is 0 Å². The third-order valence-corrected chi connectivity index (χ3v) is 4.41. The summed E-state index contributed by atoms with van der Waals surface area (Å²) in [6, 6.07) is 9.47. The zero-order valence-electron chi connectivity index (χ0n) is 16.2. The van der Waals surface area contributed by atoms with Crippen LogP contribution in [0, 0.1) is 20.8 Å². The lowest BCUT2D eigenvalue weighted by molar-refractivity contribution is 0.0919. The third kappa shape index (κ3) is 4.58. The van der Waals surface area contributed by atoms with Crippen molar-refractivity contribution < 1.29 is 13.9 Å². The molecule has 142 valence electrons. The highest BCUT2D eigenvalue weighted by molar-refractivity contribution is 5.91. The van der Waals surface area contributed by atoms with Crippen LogP contribution in [0.15, 0.2) is 40.9 Å². The molecule has 0 spiro atoms. The van der Waals surface area contributed by atoms with Gasteiger partial charge in [-0.3, -0.25) is 9.48 Å². The lowest BCUT2D eigenvalue weighted by Crippen LogP contribution is -2.22. The van der Waals surface area contributed by atoms with Gasteiger partial charge in [0.25, 0.3) is 5.91 Å². The van der Waals surface area contributed by atoms with Crippen LogP contribution < -0.4 is 10.1 Å². The van der Waals surface area contributed by atoms with Crippen molar-refractivity contribution in [2.75, 3.05) is 0 Å². The summed E-state index contributed by atoms with van der Waals surface area (Å²) < 4.78 is 13.3. The van der Waals surface area contributed by atoms with Gasteiger partial charge < -0.3 is 14.5 Å². The van der Waals surface area contributed by atoms with E-state index in [1.807, 2.05) is 44.5 Å². The molecular weight excluding hydrogens is 342 g/mol. The van der Waals surface area contributed by atoms with Crippen molar-refractivity contribution in [3.05, 3.63) is 70.4 Å². The third-order valence-electron chi connectivity index (χ3n) is 4.41. The number of benzene rings is 1. The molecule has 0 saturated carbocycles. The Kier molecular flexibility index (Phi) is 5.64. The molecule has 6 nitrogen and oxygen atoms in total. The van der Waals surface area contributed by atoms with Crippen molar-refractivity contribution in [2.45, 2.75) is 47.4 Å². The number of rotatable bonds is 7. The van der Waals surface area contributed by atoms with Crippen LogP contribution in [0.4, 0.5) is 0 Å². The van der Waals surface area contributed by atoms with Gasteiger partial charge in [-0.1, -0.05) is 6.07 Å². The van der Waals surface area contributed by atoms with E-state index in [0.717, 1.165) is 34.7 Å². The highest BCUT2D eigenvalue weighted by Crippen LogP contribution is 2.18. The average molecular weight is 367 g/mol. The van der Waals surface area contributed by atoms with Crippen LogP contribution in [-0.4, -0.2) is 15.7 Å². The summed E-state index contributed by atoms with van der Waals surface area (Å²) in [5.41, 5.74) is 4.34. The molecule has 2 heterocycles. The first kappa shape index (κ1) is 18.8. The molecule has 0 unspecified atom stereocenters. The molecular formula is C21H25N3O3. The first-order chi connectivity index (χ1) is 13.0. The van der Waals surface area contributed by atoms with Gasteiger partial charge in [0.15, 0.2) is 5.76 Å². The molecule has 3 aromatic rings. The Hall–Kier alpha value is -3.02. The smallest absolute Gasteiger partial charge is 0.287 e. The van der Waals surface area contributed by atoms with Crippen molar-refractivity contribution in [2.24, 2.45) is 0 Å². The fourth-order valence-electron chi connectivity index (χ4n) is 2.99. The second kappa shape index (κ2) is 8.12. The number of nitrogens with zero attached hydrogens (tertiary/aromatic N) is 2. The number of carbonyl (C=O) groups excluding carboxylic acids is 1. The summed E-state index contributed by atoms with van der Waals surface area (Å²) in [6.07, 6.45) is 1.78. The topological polar surface area (TPSA) is 69.3 Å². The number of nitrogens with one attached hydrogen (secondary N) is 1. The maximum atomic E-state index is 12.3. The number of hydrogen-bond acceptors (Lipinski definition) is 4. The van der Waals surface area contributed by atoms with Crippen LogP contribution in [0.1, 0.15) is 45.6 Å². The molecule has 0 aliphatic heterocycles. The lowest BCUT2D eigenvalue weighted by atomic mass is 10.1. The number of amides is 1. The molecule has 2 aromatic heterocycles. The second-order valence-corrected chi connectivity index (χ2v) is 6.63. The lowest BCUT2D eigenvalue weighted by Gasteiger charge is -2.07. The molecule has 0 fully saturated rings. The van der Waals surface area contributed by atoms with E-state index >= 15 is 0 Å². The Morgan fingerprint density at radius 1 is 1.19 bits per heavy atom. The Morgan fingerprint density at radius 3 is 2.59 bits per heavy atom. The Bertz CT molecular complexity index is 920. The van der Waals surface area contributed by atoms with Gasteiger partial charge in [0.2, 0.25) is 0 Å². The number of furan rings is 1. The van der Waals surface area contributed by atoms with E-state index < -0.39 is 0 Å². The molecule has 0 bridgehead atoms. The van der Waals surface area contributed by atoms with Crippen molar-refractivity contribution >= 4 is 5.91 Å². The number of carbonyl (C=O) groups is 1. The van der Waals surface area contributed by atoms with Crippen LogP contribution in [0.3, 0.4) is 0 Å². The van der Waals surface area contributed by atoms with Gasteiger partial charge in [0.05, 0.1) is 6.20 Å². The van der Waals surface area contributed by atoms with Gasteiger partial charge in [-0.05, 0) is 63.1 Å². The first-order valence-electron chi connectivity index (χ1n) is 9.05. The van der Waals surface area contributed by atoms with E-state index in [0.29, 0.717) is 12.3 Å². The number of aryl methyl sites for hydroxylation is 3. The fourth-order valence-corrected chi connectivity index (χ4v) is 2.99. The Labute approximate surface area is 159 Å². The zero-order chi connectivity index (χ0) is 19.4. The van der Waals surface area contributed by atoms with Crippen LogP contribution >= 0.6 is 0 Å². The minimum absolute atomic E-state index is 0.253. The number of ether oxygens (including phenoxy) is 1. The van der Waals surface area contributed by atoms with E-state index in [-0.39, 0.29) is 18.3 Å². The van der Waals surface area contributed by atoms with Gasteiger partial charge in [-0.2, -0.15) is 5.10 Å². The first-order valence-corrected chi connectivity index (χ1v) is 9.05. The maximum Gasteiger partial charge on any atom is 0.287 e. The summed E-state index contributed by atoms with van der Waals surface area (Å²) >= 11 is 0. The molecule has 0 saturated heterocycles. The van der Waals surface area contributed by atoms with Gasteiger partial charge in [0.1, 0.15) is 18.1 Å². The summed E-state index contributed by atoms with van der Waals surface area (Å²) in [4.78, 5) is 12.3.